The number of nitrogen functional groups attached to an aromatic ring is 1. The first kappa shape index (κ1) is 5.68. The molecule has 2 heterocycles. The Hall–Kier alpha value is -1.09. The van der Waals surface area contributed by atoms with Gasteiger partial charge in [-0.15, -0.1) is 11.3 Å². The fourth-order valence-corrected chi connectivity index (χ4v) is 1.65. The highest BCUT2D eigenvalue weighted by molar-refractivity contribution is 7.17. The number of rotatable bonds is 0. The third-order valence-electron chi connectivity index (χ3n) is 1.32. The second kappa shape index (κ2) is 1.95. The number of nitrogens with two attached hydrogens (primary N) is 1. The number of anilines is 1. The van der Waals surface area contributed by atoms with Gasteiger partial charge in [-0.1, -0.05) is 0 Å². The van der Waals surface area contributed by atoms with Crippen molar-refractivity contribution in [2.75, 3.05) is 5.73 Å². The molecule has 3 heteroatoms. The van der Waals surface area contributed by atoms with Gasteiger partial charge in [-0.05, 0) is 17.5 Å². The van der Waals surface area contributed by atoms with E-state index in [9.17, 15) is 0 Å². The number of nitrogens with zero attached hydrogens (tertiary/aromatic N) is 1. The van der Waals surface area contributed by atoms with Crippen LogP contribution in [0.25, 0.3) is 10.2 Å². The molecule has 2 aromatic heterocycles. The summed E-state index contributed by atoms with van der Waals surface area (Å²) in [6, 6.07) is 3.92. The maximum absolute atomic E-state index is 5.53. The molecule has 0 unspecified atom stereocenters. The standard InChI is InChI=1S/C7H6N2S/c8-5-3-7-6(9-4-5)1-2-10-7/h1-4H,8H2. The molecule has 0 atom stereocenters. The first-order valence-corrected chi connectivity index (χ1v) is 3.83. The van der Waals surface area contributed by atoms with E-state index in [0.29, 0.717) is 0 Å². The van der Waals surface area contributed by atoms with Crippen LogP contribution in [0.5, 0.6) is 0 Å². The van der Waals surface area contributed by atoms with Gasteiger partial charge in [0.1, 0.15) is 0 Å². The largest absolute Gasteiger partial charge is 0.397 e. The van der Waals surface area contributed by atoms with Crippen LogP contribution in [0.2, 0.25) is 0 Å². The minimum absolute atomic E-state index is 0.731. The van der Waals surface area contributed by atoms with Crippen LogP contribution < -0.4 is 5.73 Å². The second-order valence-electron chi connectivity index (χ2n) is 2.07. The maximum Gasteiger partial charge on any atom is 0.0811 e. The fraction of sp³-hybridized carbons (Fsp3) is 0. The van der Waals surface area contributed by atoms with Crippen molar-refractivity contribution in [3.8, 4) is 0 Å². The van der Waals surface area contributed by atoms with E-state index in [-0.39, 0.29) is 0 Å². The number of hydrogen-bond donors (Lipinski definition) is 1. The van der Waals surface area contributed by atoms with E-state index in [1.165, 1.54) is 0 Å². The van der Waals surface area contributed by atoms with E-state index in [1.54, 1.807) is 17.5 Å². The van der Waals surface area contributed by atoms with E-state index in [2.05, 4.69) is 4.98 Å². The van der Waals surface area contributed by atoms with Crippen LogP contribution in [0.1, 0.15) is 0 Å². The highest BCUT2D eigenvalue weighted by atomic mass is 32.1. The summed E-state index contributed by atoms with van der Waals surface area (Å²) in [5.41, 5.74) is 7.29. The number of fused-ring (bicyclic) bond motifs is 1. The van der Waals surface area contributed by atoms with Crippen molar-refractivity contribution in [1.82, 2.24) is 4.98 Å². The molecule has 50 valence electrons. The Morgan fingerprint density at radius 2 is 2.40 bits per heavy atom. The summed E-state index contributed by atoms with van der Waals surface area (Å²) < 4.78 is 1.15. The minimum Gasteiger partial charge on any atom is -0.397 e. The minimum atomic E-state index is 0.731. The van der Waals surface area contributed by atoms with Crippen molar-refractivity contribution < 1.29 is 0 Å². The predicted molar refractivity (Wildman–Crippen MR) is 44.0 cm³/mol. The van der Waals surface area contributed by atoms with Crippen LogP contribution in [0.15, 0.2) is 23.7 Å². The van der Waals surface area contributed by atoms with Gasteiger partial charge in [-0.25, -0.2) is 0 Å². The smallest absolute Gasteiger partial charge is 0.0811 e. The van der Waals surface area contributed by atoms with Crippen LogP contribution in [0.3, 0.4) is 0 Å². The zero-order chi connectivity index (χ0) is 6.97. The van der Waals surface area contributed by atoms with E-state index in [0.717, 1.165) is 15.9 Å². The Balaban J connectivity index is 2.86. The van der Waals surface area contributed by atoms with Gasteiger partial charge < -0.3 is 5.73 Å². The third kappa shape index (κ3) is 0.752. The molecule has 0 aliphatic carbocycles. The van der Waals surface area contributed by atoms with Crippen LogP contribution >= 0.6 is 11.3 Å². The van der Waals surface area contributed by atoms with Gasteiger partial charge in [0, 0.05) is 0 Å². The molecule has 0 amide bonds. The first-order chi connectivity index (χ1) is 4.86. The van der Waals surface area contributed by atoms with Crippen molar-refractivity contribution in [1.29, 1.82) is 0 Å². The summed E-state index contributed by atoms with van der Waals surface area (Å²) >= 11 is 1.66. The molecule has 2 nitrogen and oxygen atoms in total. The highest BCUT2D eigenvalue weighted by Gasteiger charge is 1.93. The molecule has 0 aliphatic rings. The Morgan fingerprint density at radius 3 is 3.30 bits per heavy atom. The number of aromatic nitrogens is 1. The van der Waals surface area contributed by atoms with E-state index < -0.39 is 0 Å². The molecule has 0 aliphatic heterocycles. The van der Waals surface area contributed by atoms with Crippen LogP contribution in [-0.2, 0) is 0 Å². The lowest BCUT2D eigenvalue weighted by Gasteiger charge is -1.89. The molecule has 2 rings (SSSR count). The van der Waals surface area contributed by atoms with Crippen molar-refractivity contribution >= 4 is 27.2 Å². The Morgan fingerprint density at radius 1 is 1.50 bits per heavy atom. The van der Waals surface area contributed by atoms with Gasteiger partial charge in [-0.2, -0.15) is 0 Å². The zero-order valence-electron chi connectivity index (χ0n) is 5.24. The number of pyridine rings is 1. The van der Waals surface area contributed by atoms with Crippen LogP contribution in [-0.4, -0.2) is 4.98 Å². The molecule has 0 radical (unpaired) electrons. The van der Waals surface area contributed by atoms with E-state index >= 15 is 0 Å². The van der Waals surface area contributed by atoms with Gasteiger partial charge >= 0.3 is 0 Å². The van der Waals surface area contributed by atoms with E-state index in [4.69, 9.17) is 5.73 Å². The van der Waals surface area contributed by atoms with Gasteiger partial charge in [0.05, 0.1) is 22.1 Å². The molecule has 10 heavy (non-hydrogen) atoms. The Labute approximate surface area is 62.3 Å². The fourth-order valence-electron chi connectivity index (χ4n) is 0.862. The molecule has 0 saturated heterocycles. The van der Waals surface area contributed by atoms with Gasteiger partial charge in [0.15, 0.2) is 0 Å². The summed E-state index contributed by atoms with van der Waals surface area (Å²) in [6.07, 6.45) is 1.68. The molecular formula is C7H6N2S. The third-order valence-corrected chi connectivity index (χ3v) is 2.18. The SMILES string of the molecule is Nc1cnc2ccsc2c1. The summed E-state index contributed by atoms with van der Waals surface area (Å²) in [5, 5.41) is 2.01. The molecule has 0 saturated carbocycles. The van der Waals surface area contributed by atoms with Crippen molar-refractivity contribution in [2.24, 2.45) is 0 Å². The summed E-state index contributed by atoms with van der Waals surface area (Å²) in [4.78, 5) is 4.13. The lowest BCUT2D eigenvalue weighted by atomic mass is 10.4. The summed E-state index contributed by atoms with van der Waals surface area (Å²) in [5.74, 6) is 0. The van der Waals surface area contributed by atoms with Crippen molar-refractivity contribution in [2.45, 2.75) is 0 Å². The summed E-state index contributed by atoms with van der Waals surface area (Å²) in [7, 11) is 0. The molecule has 0 fully saturated rings. The number of thiophene rings is 1. The predicted octanol–water partition coefficient (Wildman–Crippen LogP) is 1.88. The quantitative estimate of drug-likeness (QED) is 0.622. The topological polar surface area (TPSA) is 38.9 Å². The highest BCUT2D eigenvalue weighted by Crippen LogP contribution is 2.19. The second-order valence-corrected chi connectivity index (χ2v) is 3.02. The lowest BCUT2D eigenvalue weighted by molar-refractivity contribution is 1.43. The molecule has 2 aromatic rings. The van der Waals surface area contributed by atoms with E-state index in [1.807, 2.05) is 17.5 Å². The summed E-state index contributed by atoms with van der Waals surface area (Å²) in [6.45, 7) is 0. The molecule has 0 spiro atoms. The first-order valence-electron chi connectivity index (χ1n) is 2.95. The molecule has 0 aromatic carbocycles. The van der Waals surface area contributed by atoms with Crippen molar-refractivity contribution in [3.63, 3.8) is 0 Å². The van der Waals surface area contributed by atoms with Crippen LogP contribution in [0, 0.1) is 0 Å². The lowest BCUT2D eigenvalue weighted by Crippen LogP contribution is -1.83. The molecule has 2 N–H and O–H groups in total. The average molecular weight is 150 g/mol. The normalized spacial score (nSPS) is 10.4. The Kier molecular flexibility index (Phi) is 1.11. The van der Waals surface area contributed by atoms with Gasteiger partial charge in [0.2, 0.25) is 0 Å². The monoisotopic (exact) mass is 150 g/mol. The molecular weight excluding hydrogens is 144 g/mol. The van der Waals surface area contributed by atoms with Gasteiger partial charge in [0.25, 0.3) is 0 Å². The molecule has 0 bridgehead atoms. The average Bonchev–Trinajstić information content (AvgIpc) is 2.33. The number of hydrogen-bond acceptors (Lipinski definition) is 3. The van der Waals surface area contributed by atoms with Crippen LogP contribution in [0.4, 0.5) is 5.69 Å². The zero-order valence-corrected chi connectivity index (χ0v) is 6.06. The van der Waals surface area contributed by atoms with Crippen molar-refractivity contribution in [3.05, 3.63) is 23.7 Å². The Bertz CT molecular complexity index is 353. The van der Waals surface area contributed by atoms with Gasteiger partial charge in [-0.3, -0.25) is 4.98 Å². The maximum atomic E-state index is 5.53.